The van der Waals surface area contributed by atoms with Gasteiger partial charge in [-0.2, -0.15) is 17.0 Å². The number of carboxylic acid groups (broad SMARTS) is 1. The van der Waals surface area contributed by atoms with Crippen LogP contribution in [0.1, 0.15) is 19.8 Å². The normalized spacial score (nSPS) is 31.6. The van der Waals surface area contributed by atoms with E-state index in [0.29, 0.717) is 24.8 Å². The highest BCUT2D eigenvalue weighted by Crippen LogP contribution is 2.28. The Morgan fingerprint density at radius 2 is 2.17 bits per heavy atom. The number of thioether (sulfide) groups is 1. The first-order chi connectivity index (χ1) is 8.43. The highest BCUT2D eigenvalue weighted by atomic mass is 32.2. The highest BCUT2D eigenvalue weighted by Gasteiger charge is 2.42. The molecule has 0 aromatic heterocycles. The van der Waals surface area contributed by atoms with Crippen molar-refractivity contribution in [1.82, 2.24) is 8.61 Å². The molecule has 104 valence electrons. The number of nitrogens with zero attached hydrogens (tertiary/aromatic N) is 2. The van der Waals surface area contributed by atoms with Gasteiger partial charge >= 0.3 is 5.97 Å². The summed E-state index contributed by atoms with van der Waals surface area (Å²) in [5, 5.41) is 9.06. The lowest BCUT2D eigenvalue weighted by atomic mass is 10.0. The van der Waals surface area contributed by atoms with Gasteiger partial charge in [-0.15, -0.1) is 11.8 Å². The Labute approximate surface area is 112 Å². The number of aliphatic carboxylic acids is 1. The van der Waals surface area contributed by atoms with Crippen LogP contribution in [0.5, 0.6) is 0 Å². The third-order valence-corrected chi connectivity index (χ3v) is 6.51. The number of carbonyl (C=O) groups is 1. The first-order valence-corrected chi connectivity index (χ1v) is 8.55. The molecule has 6 nitrogen and oxygen atoms in total. The number of hydrogen-bond donors (Lipinski definition) is 1. The molecule has 0 amide bonds. The lowest BCUT2D eigenvalue weighted by Gasteiger charge is -2.33. The summed E-state index contributed by atoms with van der Waals surface area (Å²) < 4.78 is 27.4. The van der Waals surface area contributed by atoms with E-state index in [2.05, 4.69) is 0 Å². The predicted molar refractivity (Wildman–Crippen MR) is 69.5 cm³/mol. The van der Waals surface area contributed by atoms with Crippen LogP contribution in [0.3, 0.4) is 0 Å². The van der Waals surface area contributed by atoms with Gasteiger partial charge in [-0.25, -0.2) is 0 Å². The SMILES string of the molecule is CC1CCCN(S(=O)(=O)N2CSCC2C(=O)O)C1. The molecule has 0 aliphatic carbocycles. The Morgan fingerprint density at radius 3 is 2.78 bits per heavy atom. The van der Waals surface area contributed by atoms with Gasteiger partial charge in [0.2, 0.25) is 0 Å². The molecule has 0 aromatic carbocycles. The summed E-state index contributed by atoms with van der Waals surface area (Å²) in [6.45, 7) is 3.02. The number of hydrogen-bond acceptors (Lipinski definition) is 4. The molecule has 18 heavy (non-hydrogen) atoms. The van der Waals surface area contributed by atoms with Crippen LogP contribution < -0.4 is 0 Å². The molecule has 2 fully saturated rings. The lowest BCUT2D eigenvalue weighted by molar-refractivity contribution is -0.140. The van der Waals surface area contributed by atoms with E-state index in [1.54, 1.807) is 0 Å². The van der Waals surface area contributed by atoms with Crippen molar-refractivity contribution in [3.05, 3.63) is 0 Å². The zero-order chi connectivity index (χ0) is 13.3. The molecule has 0 radical (unpaired) electrons. The van der Waals surface area contributed by atoms with Crippen LogP contribution in [-0.2, 0) is 15.0 Å². The molecule has 0 aromatic rings. The molecule has 2 unspecified atom stereocenters. The van der Waals surface area contributed by atoms with E-state index in [9.17, 15) is 13.2 Å². The maximum absolute atomic E-state index is 12.4. The van der Waals surface area contributed by atoms with Crippen LogP contribution >= 0.6 is 11.8 Å². The molecular formula is C10H18N2O4S2. The second-order valence-electron chi connectivity index (χ2n) is 4.85. The molecular weight excluding hydrogens is 276 g/mol. The fourth-order valence-corrected chi connectivity index (χ4v) is 5.80. The smallest absolute Gasteiger partial charge is 0.322 e. The molecule has 2 heterocycles. The first-order valence-electron chi connectivity index (χ1n) is 6.00. The Kier molecular flexibility index (Phi) is 4.20. The maximum atomic E-state index is 12.4. The zero-order valence-electron chi connectivity index (χ0n) is 10.3. The zero-order valence-corrected chi connectivity index (χ0v) is 11.9. The second kappa shape index (κ2) is 5.36. The molecule has 0 bridgehead atoms. The van der Waals surface area contributed by atoms with E-state index in [4.69, 9.17) is 5.11 Å². The number of rotatable bonds is 3. The molecule has 8 heteroatoms. The molecule has 0 saturated carbocycles. The first kappa shape index (κ1) is 14.1. The van der Waals surface area contributed by atoms with Crippen molar-refractivity contribution in [2.24, 2.45) is 5.92 Å². The minimum Gasteiger partial charge on any atom is -0.480 e. The Morgan fingerprint density at radius 1 is 1.44 bits per heavy atom. The van der Waals surface area contributed by atoms with Crippen LogP contribution in [0.2, 0.25) is 0 Å². The van der Waals surface area contributed by atoms with E-state index in [0.717, 1.165) is 17.1 Å². The highest BCUT2D eigenvalue weighted by molar-refractivity contribution is 8.00. The summed E-state index contributed by atoms with van der Waals surface area (Å²) in [5.74, 6) is -0.150. The second-order valence-corrected chi connectivity index (χ2v) is 7.74. The third kappa shape index (κ3) is 2.66. The maximum Gasteiger partial charge on any atom is 0.322 e. The van der Waals surface area contributed by atoms with Crippen molar-refractivity contribution >= 4 is 27.9 Å². The summed E-state index contributed by atoms with van der Waals surface area (Å²) in [4.78, 5) is 11.1. The Balaban J connectivity index is 2.17. The minimum atomic E-state index is -3.62. The van der Waals surface area contributed by atoms with E-state index < -0.39 is 22.2 Å². The van der Waals surface area contributed by atoms with Crippen molar-refractivity contribution < 1.29 is 18.3 Å². The van der Waals surface area contributed by atoms with Crippen LogP contribution in [0.15, 0.2) is 0 Å². The minimum absolute atomic E-state index is 0.240. The average molecular weight is 294 g/mol. The van der Waals surface area contributed by atoms with Gasteiger partial charge in [0.15, 0.2) is 0 Å². The molecule has 2 atom stereocenters. The van der Waals surface area contributed by atoms with E-state index in [1.165, 1.54) is 16.1 Å². The summed E-state index contributed by atoms with van der Waals surface area (Å²) in [5.41, 5.74) is 0. The van der Waals surface area contributed by atoms with Gasteiger partial charge in [0.05, 0.1) is 5.88 Å². The summed E-state index contributed by atoms with van der Waals surface area (Å²) in [6, 6.07) is -0.919. The fraction of sp³-hybridized carbons (Fsp3) is 0.900. The molecule has 2 rings (SSSR count). The fourth-order valence-electron chi connectivity index (χ4n) is 2.35. The van der Waals surface area contributed by atoms with Gasteiger partial charge in [0.1, 0.15) is 6.04 Å². The largest absolute Gasteiger partial charge is 0.480 e. The van der Waals surface area contributed by atoms with Gasteiger partial charge in [0.25, 0.3) is 10.2 Å². The van der Waals surface area contributed by atoms with E-state index in [1.807, 2.05) is 6.92 Å². The van der Waals surface area contributed by atoms with Crippen molar-refractivity contribution in [2.45, 2.75) is 25.8 Å². The molecule has 2 aliphatic rings. The van der Waals surface area contributed by atoms with Crippen LogP contribution in [0, 0.1) is 5.92 Å². The standard InChI is InChI=1S/C10H18N2O4S2/c1-8-3-2-4-11(5-8)18(15,16)12-7-17-6-9(12)10(13)14/h8-9H,2-7H2,1H3,(H,13,14). The van der Waals surface area contributed by atoms with Gasteiger partial charge < -0.3 is 5.11 Å². The van der Waals surface area contributed by atoms with E-state index in [-0.39, 0.29) is 5.88 Å². The van der Waals surface area contributed by atoms with Gasteiger partial charge in [-0.05, 0) is 18.8 Å². The Bertz CT molecular complexity index is 426. The number of piperidine rings is 1. The summed E-state index contributed by atoms with van der Waals surface area (Å²) >= 11 is 1.35. The van der Waals surface area contributed by atoms with Crippen molar-refractivity contribution in [3.63, 3.8) is 0 Å². The summed E-state index contributed by atoms with van der Waals surface area (Å²) in [6.07, 6.45) is 1.88. The summed E-state index contributed by atoms with van der Waals surface area (Å²) in [7, 11) is -3.62. The molecule has 2 saturated heterocycles. The molecule has 0 spiro atoms. The van der Waals surface area contributed by atoms with E-state index >= 15 is 0 Å². The predicted octanol–water partition coefficient (Wildman–Crippen LogP) is 0.423. The quantitative estimate of drug-likeness (QED) is 0.816. The molecule has 2 aliphatic heterocycles. The topological polar surface area (TPSA) is 77.9 Å². The Hall–Kier alpha value is -0.310. The van der Waals surface area contributed by atoms with Crippen molar-refractivity contribution in [3.8, 4) is 0 Å². The lowest BCUT2D eigenvalue weighted by Crippen LogP contribution is -2.51. The van der Waals surface area contributed by atoms with Gasteiger partial charge in [-0.1, -0.05) is 6.92 Å². The number of carboxylic acids is 1. The average Bonchev–Trinajstić information content (AvgIpc) is 2.78. The van der Waals surface area contributed by atoms with Crippen molar-refractivity contribution in [2.75, 3.05) is 24.7 Å². The van der Waals surface area contributed by atoms with Crippen LogP contribution in [-0.4, -0.2) is 58.9 Å². The van der Waals surface area contributed by atoms with Gasteiger partial charge in [0, 0.05) is 18.8 Å². The molecule has 1 N–H and O–H groups in total. The van der Waals surface area contributed by atoms with Crippen molar-refractivity contribution in [1.29, 1.82) is 0 Å². The van der Waals surface area contributed by atoms with Gasteiger partial charge in [-0.3, -0.25) is 4.79 Å². The monoisotopic (exact) mass is 294 g/mol. The third-order valence-electron chi connectivity index (χ3n) is 3.37. The van der Waals surface area contributed by atoms with Crippen LogP contribution in [0.25, 0.3) is 0 Å². The van der Waals surface area contributed by atoms with Crippen LogP contribution in [0.4, 0.5) is 0 Å².